The fourth-order valence-corrected chi connectivity index (χ4v) is 2.96. The molecule has 0 amide bonds. The average molecular weight is 290 g/mol. The first-order chi connectivity index (χ1) is 10.2. The van der Waals surface area contributed by atoms with E-state index in [2.05, 4.69) is 48.3 Å². The quantitative estimate of drug-likeness (QED) is 0.834. The second kappa shape index (κ2) is 8.40. The third-order valence-electron chi connectivity index (χ3n) is 4.24. The lowest BCUT2D eigenvalue weighted by Crippen LogP contribution is -2.40. The summed E-state index contributed by atoms with van der Waals surface area (Å²) >= 11 is 0. The molecule has 1 atom stereocenters. The highest BCUT2D eigenvalue weighted by Gasteiger charge is 2.19. The molecule has 3 nitrogen and oxygen atoms in total. The molecule has 1 aliphatic heterocycles. The van der Waals surface area contributed by atoms with Crippen molar-refractivity contribution in [1.82, 2.24) is 10.2 Å². The van der Waals surface area contributed by atoms with E-state index in [-0.39, 0.29) is 0 Å². The minimum absolute atomic E-state index is 0.582. The van der Waals surface area contributed by atoms with E-state index >= 15 is 0 Å². The van der Waals surface area contributed by atoms with E-state index in [4.69, 9.17) is 4.74 Å². The normalized spacial score (nSPS) is 19.2. The molecule has 0 aromatic heterocycles. The van der Waals surface area contributed by atoms with Crippen LogP contribution < -0.4 is 10.1 Å². The van der Waals surface area contributed by atoms with E-state index in [1.807, 2.05) is 6.92 Å². The predicted molar refractivity (Wildman–Crippen MR) is 88.8 cm³/mol. The van der Waals surface area contributed by atoms with Crippen LogP contribution in [-0.4, -0.2) is 37.2 Å². The van der Waals surface area contributed by atoms with E-state index in [0.29, 0.717) is 6.04 Å². The fourth-order valence-electron chi connectivity index (χ4n) is 2.96. The Hall–Kier alpha value is -1.06. The summed E-state index contributed by atoms with van der Waals surface area (Å²) in [5.41, 5.74) is 1.37. The number of ether oxygens (including phenoxy) is 1. The summed E-state index contributed by atoms with van der Waals surface area (Å²) < 4.78 is 5.51. The van der Waals surface area contributed by atoms with Gasteiger partial charge >= 0.3 is 0 Å². The molecular formula is C18H30N2O. The largest absolute Gasteiger partial charge is 0.494 e. The van der Waals surface area contributed by atoms with Crippen LogP contribution in [0.1, 0.15) is 39.2 Å². The van der Waals surface area contributed by atoms with E-state index in [9.17, 15) is 0 Å². The Morgan fingerprint density at radius 2 is 2.05 bits per heavy atom. The second-order valence-corrected chi connectivity index (χ2v) is 6.31. The van der Waals surface area contributed by atoms with Crippen molar-refractivity contribution < 1.29 is 4.74 Å². The van der Waals surface area contributed by atoms with Crippen LogP contribution in [0, 0.1) is 5.92 Å². The molecule has 0 spiro atoms. The van der Waals surface area contributed by atoms with Gasteiger partial charge in [0.25, 0.3) is 0 Å². The van der Waals surface area contributed by atoms with E-state index in [1.54, 1.807) is 0 Å². The molecule has 1 fully saturated rings. The first-order valence-corrected chi connectivity index (χ1v) is 8.35. The Bertz CT molecular complexity index is 396. The summed E-state index contributed by atoms with van der Waals surface area (Å²) in [6.45, 7) is 11.9. The lowest BCUT2D eigenvalue weighted by atomic mass is 9.98. The van der Waals surface area contributed by atoms with Gasteiger partial charge in [-0.25, -0.2) is 0 Å². The summed E-state index contributed by atoms with van der Waals surface area (Å²) in [6, 6.07) is 9.14. The highest BCUT2D eigenvalue weighted by atomic mass is 16.5. The van der Waals surface area contributed by atoms with Crippen molar-refractivity contribution in [3.8, 4) is 5.75 Å². The molecule has 1 heterocycles. The van der Waals surface area contributed by atoms with Crippen LogP contribution in [0.2, 0.25) is 0 Å². The van der Waals surface area contributed by atoms with Crippen molar-refractivity contribution in [2.75, 3.05) is 26.2 Å². The Labute approximate surface area is 129 Å². The third-order valence-corrected chi connectivity index (χ3v) is 4.24. The Kier molecular flexibility index (Phi) is 6.52. The van der Waals surface area contributed by atoms with Crippen molar-refractivity contribution in [3.63, 3.8) is 0 Å². The summed E-state index contributed by atoms with van der Waals surface area (Å²) in [5, 5.41) is 3.52. The maximum atomic E-state index is 5.51. The van der Waals surface area contributed by atoms with Crippen molar-refractivity contribution in [3.05, 3.63) is 29.8 Å². The molecular weight excluding hydrogens is 260 g/mol. The predicted octanol–water partition coefficient (Wildman–Crippen LogP) is 3.30. The molecule has 1 N–H and O–H groups in total. The maximum Gasteiger partial charge on any atom is 0.119 e. The molecule has 0 saturated carbocycles. The minimum Gasteiger partial charge on any atom is -0.494 e. The van der Waals surface area contributed by atoms with Crippen LogP contribution in [0.4, 0.5) is 0 Å². The SMILES string of the molecule is CCOc1ccc(CN(CC2CCCNC2)C(C)C)cc1. The van der Waals surface area contributed by atoms with Crippen molar-refractivity contribution in [1.29, 1.82) is 0 Å². The zero-order valence-electron chi connectivity index (χ0n) is 13.8. The fraction of sp³-hybridized carbons (Fsp3) is 0.667. The summed E-state index contributed by atoms with van der Waals surface area (Å²) in [4.78, 5) is 2.59. The van der Waals surface area contributed by atoms with Gasteiger partial charge in [0.05, 0.1) is 6.61 Å². The van der Waals surface area contributed by atoms with E-state index in [1.165, 1.54) is 38.0 Å². The van der Waals surface area contributed by atoms with Gasteiger partial charge < -0.3 is 10.1 Å². The topological polar surface area (TPSA) is 24.5 Å². The number of rotatable bonds is 7. The first kappa shape index (κ1) is 16.3. The van der Waals surface area contributed by atoms with Gasteiger partial charge in [0.2, 0.25) is 0 Å². The van der Waals surface area contributed by atoms with Gasteiger partial charge in [-0.15, -0.1) is 0 Å². The van der Waals surface area contributed by atoms with Crippen LogP contribution in [0.15, 0.2) is 24.3 Å². The first-order valence-electron chi connectivity index (χ1n) is 8.35. The molecule has 1 unspecified atom stereocenters. The van der Waals surface area contributed by atoms with Crippen molar-refractivity contribution in [2.45, 2.75) is 46.2 Å². The standard InChI is InChI=1S/C18H30N2O/c1-4-21-18-9-7-16(8-10-18)13-20(15(2)3)14-17-6-5-11-19-12-17/h7-10,15,17,19H,4-6,11-14H2,1-3H3. The third kappa shape index (κ3) is 5.33. The van der Waals surface area contributed by atoms with Gasteiger partial charge in [-0.05, 0) is 70.3 Å². The Morgan fingerprint density at radius 3 is 2.62 bits per heavy atom. The van der Waals surface area contributed by atoms with Gasteiger partial charge in [-0.1, -0.05) is 12.1 Å². The molecule has 1 aromatic carbocycles. The summed E-state index contributed by atoms with van der Waals surface area (Å²) in [5.74, 6) is 1.76. The zero-order valence-corrected chi connectivity index (χ0v) is 13.8. The Morgan fingerprint density at radius 1 is 1.29 bits per heavy atom. The molecule has 1 aromatic rings. The van der Waals surface area contributed by atoms with Gasteiger partial charge in [-0.2, -0.15) is 0 Å². The molecule has 0 bridgehead atoms. The monoisotopic (exact) mass is 290 g/mol. The van der Waals surface area contributed by atoms with E-state index < -0.39 is 0 Å². The van der Waals surface area contributed by atoms with Gasteiger partial charge in [-0.3, -0.25) is 4.90 Å². The van der Waals surface area contributed by atoms with Crippen molar-refractivity contribution >= 4 is 0 Å². The smallest absolute Gasteiger partial charge is 0.119 e. The van der Waals surface area contributed by atoms with Crippen molar-refractivity contribution in [2.24, 2.45) is 5.92 Å². The molecule has 2 rings (SSSR count). The lowest BCUT2D eigenvalue weighted by molar-refractivity contribution is 0.164. The van der Waals surface area contributed by atoms with Gasteiger partial charge in [0, 0.05) is 19.1 Å². The lowest BCUT2D eigenvalue weighted by Gasteiger charge is -2.32. The molecule has 3 heteroatoms. The number of benzene rings is 1. The van der Waals surface area contributed by atoms with Gasteiger partial charge in [0.15, 0.2) is 0 Å². The van der Waals surface area contributed by atoms with Crippen LogP contribution >= 0.6 is 0 Å². The average Bonchev–Trinajstić information content (AvgIpc) is 2.50. The number of nitrogens with one attached hydrogen (secondary N) is 1. The Balaban J connectivity index is 1.91. The highest BCUT2D eigenvalue weighted by molar-refractivity contribution is 5.27. The molecule has 118 valence electrons. The molecule has 0 aliphatic carbocycles. The van der Waals surface area contributed by atoms with Crippen LogP contribution in [0.25, 0.3) is 0 Å². The second-order valence-electron chi connectivity index (χ2n) is 6.31. The number of hydrogen-bond acceptors (Lipinski definition) is 3. The van der Waals surface area contributed by atoms with Crippen LogP contribution in [0.5, 0.6) is 5.75 Å². The van der Waals surface area contributed by atoms with Crippen LogP contribution in [-0.2, 0) is 6.54 Å². The molecule has 0 radical (unpaired) electrons. The molecule has 1 aliphatic rings. The summed E-state index contributed by atoms with van der Waals surface area (Å²) in [6.07, 6.45) is 2.68. The van der Waals surface area contributed by atoms with Crippen LogP contribution in [0.3, 0.4) is 0 Å². The minimum atomic E-state index is 0.582. The summed E-state index contributed by atoms with van der Waals surface area (Å²) in [7, 11) is 0. The molecule has 1 saturated heterocycles. The molecule has 21 heavy (non-hydrogen) atoms. The number of nitrogens with zero attached hydrogens (tertiary/aromatic N) is 1. The number of hydrogen-bond donors (Lipinski definition) is 1. The van der Waals surface area contributed by atoms with Gasteiger partial charge in [0.1, 0.15) is 5.75 Å². The maximum absolute atomic E-state index is 5.51. The highest BCUT2D eigenvalue weighted by Crippen LogP contribution is 2.18. The zero-order chi connectivity index (χ0) is 15.1. The van der Waals surface area contributed by atoms with E-state index in [0.717, 1.165) is 24.8 Å². The number of piperidine rings is 1.